The summed E-state index contributed by atoms with van der Waals surface area (Å²) in [6.07, 6.45) is 0. The molecule has 0 heterocycles. The van der Waals surface area contributed by atoms with Gasteiger partial charge in [-0.05, 0) is 43.3 Å². The van der Waals surface area contributed by atoms with Crippen molar-refractivity contribution < 1.29 is 9.53 Å². The van der Waals surface area contributed by atoms with Crippen molar-refractivity contribution in [3.05, 3.63) is 53.6 Å². The van der Waals surface area contributed by atoms with E-state index < -0.39 is 0 Å². The molecule has 2 aromatic carbocycles. The van der Waals surface area contributed by atoms with Gasteiger partial charge < -0.3 is 10.1 Å². The second-order valence-electron chi connectivity index (χ2n) is 4.40. The average molecular weight is 322 g/mol. The highest BCUT2D eigenvalue weighted by Crippen LogP contribution is 2.27. The van der Waals surface area contributed by atoms with Gasteiger partial charge in [0.2, 0.25) is 5.91 Å². The fourth-order valence-electron chi connectivity index (χ4n) is 1.75. The van der Waals surface area contributed by atoms with Crippen LogP contribution in [-0.4, -0.2) is 18.3 Å². The molecule has 1 unspecified atom stereocenters. The zero-order chi connectivity index (χ0) is 15.2. The van der Waals surface area contributed by atoms with Crippen LogP contribution in [0, 0.1) is 0 Å². The number of hydrogen-bond acceptors (Lipinski definition) is 3. The van der Waals surface area contributed by atoms with Crippen LogP contribution in [0.3, 0.4) is 0 Å². The highest BCUT2D eigenvalue weighted by Gasteiger charge is 2.16. The van der Waals surface area contributed by atoms with E-state index in [9.17, 15) is 4.79 Å². The summed E-state index contributed by atoms with van der Waals surface area (Å²) in [4.78, 5) is 13.2. The number of rotatable bonds is 5. The van der Waals surface area contributed by atoms with Gasteiger partial charge in [-0.1, -0.05) is 23.7 Å². The van der Waals surface area contributed by atoms with E-state index in [1.807, 2.05) is 55.5 Å². The summed E-state index contributed by atoms with van der Waals surface area (Å²) in [6, 6.07) is 14.8. The molecule has 2 aromatic rings. The molecule has 0 fully saturated rings. The fourth-order valence-corrected chi connectivity index (χ4v) is 2.75. The highest BCUT2D eigenvalue weighted by molar-refractivity contribution is 8.00. The number of hydrogen-bond donors (Lipinski definition) is 1. The lowest BCUT2D eigenvalue weighted by molar-refractivity contribution is -0.115. The maximum atomic E-state index is 12.2. The maximum absolute atomic E-state index is 12.2. The van der Waals surface area contributed by atoms with Crippen LogP contribution < -0.4 is 10.1 Å². The van der Waals surface area contributed by atoms with Crippen molar-refractivity contribution in [2.24, 2.45) is 0 Å². The zero-order valence-electron chi connectivity index (χ0n) is 11.8. The van der Waals surface area contributed by atoms with Crippen molar-refractivity contribution >= 4 is 35.0 Å². The molecule has 0 aromatic heterocycles. The number of carbonyl (C=O) groups is 1. The van der Waals surface area contributed by atoms with Crippen LogP contribution >= 0.6 is 23.4 Å². The predicted octanol–water partition coefficient (Wildman–Crippen LogP) is 4.47. The third-order valence-corrected chi connectivity index (χ3v) is 4.22. The SMILES string of the molecule is COc1ccccc1NC(=O)C(C)Sc1ccc(Cl)cc1. The minimum atomic E-state index is -0.226. The Bertz CT molecular complexity index is 616. The summed E-state index contributed by atoms with van der Waals surface area (Å²) in [5, 5.41) is 3.34. The summed E-state index contributed by atoms with van der Waals surface area (Å²) >= 11 is 7.33. The van der Waals surface area contributed by atoms with Gasteiger partial charge >= 0.3 is 0 Å². The number of para-hydroxylation sites is 2. The number of carbonyl (C=O) groups excluding carboxylic acids is 1. The van der Waals surface area contributed by atoms with Gasteiger partial charge in [-0.2, -0.15) is 0 Å². The molecule has 0 aliphatic rings. The molecule has 2 rings (SSSR count). The zero-order valence-corrected chi connectivity index (χ0v) is 13.4. The van der Waals surface area contributed by atoms with Crippen LogP contribution in [0.4, 0.5) is 5.69 Å². The van der Waals surface area contributed by atoms with Crippen LogP contribution in [0.15, 0.2) is 53.4 Å². The molecule has 1 amide bonds. The molecule has 0 saturated carbocycles. The van der Waals surface area contributed by atoms with Gasteiger partial charge in [0.15, 0.2) is 0 Å². The van der Waals surface area contributed by atoms with Crippen molar-refractivity contribution in [3.63, 3.8) is 0 Å². The quantitative estimate of drug-likeness (QED) is 0.826. The minimum absolute atomic E-state index is 0.0700. The second kappa shape index (κ2) is 7.38. The Hall–Kier alpha value is -1.65. The van der Waals surface area contributed by atoms with Crippen molar-refractivity contribution in [1.29, 1.82) is 0 Å². The number of ether oxygens (including phenoxy) is 1. The van der Waals surface area contributed by atoms with Crippen LogP contribution in [0.25, 0.3) is 0 Å². The Kier molecular flexibility index (Phi) is 5.53. The first kappa shape index (κ1) is 15.7. The Morgan fingerprint density at radius 3 is 2.52 bits per heavy atom. The van der Waals surface area contributed by atoms with E-state index in [0.29, 0.717) is 16.5 Å². The average Bonchev–Trinajstić information content (AvgIpc) is 2.50. The van der Waals surface area contributed by atoms with E-state index in [4.69, 9.17) is 16.3 Å². The highest BCUT2D eigenvalue weighted by atomic mass is 35.5. The van der Waals surface area contributed by atoms with Crippen LogP contribution in [0.5, 0.6) is 5.75 Å². The van der Waals surface area contributed by atoms with Gasteiger partial charge in [0.1, 0.15) is 5.75 Å². The molecular weight excluding hydrogens is 306 g/mol. The topological polar surface area (TPSA) is 38.3 Å². The van der Waals surface area contributed by atoms with E-state index in [2.05, 4.69) is 5.32 Å². The molecule has 1 N–H and O–H groups in total. The van der Waals surface area contributed by atoms with Gasteiger partial charge in [0.25, 0.3) is 0 Å². The summed E-state index contributed by atoms with van der Waals surface area (Å²) < 4.78 is 5.22. The Morgan fingerprint density at radius 2 is 1.86 bits per heavy atom. The third-order valence-electron chi connectivity index (χ3n) is 2.86. The van der Waals surface area contributed by atoms with Crippen molar-refractivity contribution in [2.45, 2.75) is 17.1 Å². The summed E-state index contributed by atoms with van der Waals surface area (Å²) in [5.74, 6) is 0.578. The fraction of sp³-hybridized carbons (Fsp3) is 0.188. The maximum Gasteiger partial charge on any atom is 0.237 e. The smallest absolute Gasteiger partial charge is 0.237 e. The monoisotopic (exact) mass is 321 g/mol. The number of halogens is 1. The number of amides is 1. The first-order valence-corrected chi connectivity index (χ1v) is 7.72. The molecule has 0 spiro atoms. The molecule has 5 heteroatoms. The van der Waals surface area contributed by atoms with Gasteiger partial charge in [-0.25, -0.2) is 0 Å². The van der Waals surface area contributed by atoms with E-state index in [1.165, 1.54) is 11.8 Å². The lowest BCUT2D eigenvalue weighted by Gasteiger charge is -2.14. The van der Waals surface area contributed by atoms with Crippen molar-refractivity contribution in [2.75, 3.05) is 12.4 Å². The Morgan fingerprint density at radius 1 is 1.19 bits per heavy atom. The first-order chi connectivity index (χ1) is 10.1. The van der Waals surface area contributed by atoms with E-state index in [-0.39, 0.29) is 11.2 Å². The number of nitrogens with one attached hydrogen (secondary N) is 1. The first-order valence-electron chi connectivity index (χ1n) is 6.46. The molecule has 21 heavy (non-hydrogen) atoms. The molecule has 110 valence electrons. The number of anilines is 1. The number of benzene rings is 2. The lowest BCUT2D eigenvalue weighted by atomic mass is 10.3. The molecular formula is C16H16ClNO2S. The molecule has 0 saturated heterocycles. The number of thioether (sulfide) groups is 1. The molecule has 0 bridgehead atoms. The van der Waals surface area contributed by atoms with Crippen LogP contribution in [0.1, 0.15) is 6.92 Å². The van der Waals surface area contributed by atoms with Gasteiger partial charge in [0.05, 0.1) is 18.0 Å². The molecule has 0 radical (unpaired) electrons. The molecule has 3 nitrogen and oxygen atoms in total. The van der Waals surface area contributed by atoms with Crippen molar-refractivity contribution in [1.82, 2.24) is 0 Å². The molecule has 0 aliphatic heterocycles. The normalized spacial score (nSPS) is 11.8. The Labute approximate surface area is 133 Å². The van der Waals surface area contributed by atoms with Crippen LogP contribution in [-0.2, 0) is 4.79 Å². The molecule has 1 atom stereocenters. The van der Waals surface area contributed by atoms with E-state index in [1.54, 1.807) is 7.11 Å². The van der Waals surface area contributed by atoms with Gasteiger partial charge in [-0.15, -0.1) is 11.8 Å². The lowest BCUT2D eigenvalue weighted by Crippen LogP contribution is -2.22. The Balaban J connectivity index is 2.01. The minimum Gasteiger partial charge on any atom is -0.495 e. The summed E-state index contributed by atoms with van der Waals surface area (Å²) in [6.45, 7) is 1.87. The summed E-state index contributed by atoms with van der Waals surface area (Å²) in [5.41, 5.74) is 0.675. The predicted molar refractivity (Wildman–Crippen MR) is 88.4 cm³/mol. The van der Waals surface area contributed by atoms with Crippen LogP contribution in [0.2, 0.25) is 5.02 Å². The van der Waals surface area contributed by atoms with Crippen molar-refractivity contribution in [3.8, 4) is 5.75 Å². The van der Waals surface area contributed by atoms with E-state index >= 15 is 0 Å². The second-order valence-corrected chi connectivity index (χ2v) is 6.25. The standard InChI is InChI=1S/C16H16ClNO2S/c1-11(21-13-9-7-12(17)8-10-13)16(19)18-14-5-3-4-6-15(14)20-2/h3-11H,1-2H3,(H,18,19). The summed E-state index contributed by atoms with van der Waals surface area (Å²) in [7, 11) is 1.58. The largest absolute Gasteiger partial charge is 0.495 e. The van der Waals surface area contributed by atoms with E-state index in [0.717, 1.165) is 4.90 Å². The van der Waals surface area contributed by atoms with Gasteiger partial charge in [-0.3, -0.25) is 4.79 Å². The molecule has 0 aliphatic carbocycles. The van der Waals surface area contributed by atoms with Gasteiger partial charge in [0, 0.05) is 9.92 Å². The third kappa shape index (κ3) is 4.41. The number of methoxy groups -OCH3 is 1.